The zero-order valence-electron chi connectivity index (χ0n) is 12.0. The number of nitrogens with zero attached hydrogens (tertiary/aromatic N) is 1. The van der Waals surface area contributed by atoms with Gasteiger partial charge < -0.3 is 8.97 Å². The molecule has 0 atom stereocenters. The fourth-order valence-electron chi connectivity index (χ4n) is 3.03. The molecule has 1 fully saturated rings. The highest BCUT2D eigenvalue weighted by Gasteiger charge is 2.47. The molecule has 1 aliphatic rings. The van der Waals surface area contributed by atoms with E-state index in [-0.39, 0.29) is 5.97 Å². The molecular formula is C12H25NO2Si2. The molecule has 1 rings (SSSR count). The summed E-state index contributed by atoms with van der Waals surface area (Å²) >= 11 is 0. The molecule has 98 valence electrons. The van der Waals surface area contributed by atoms with Gasteiger partial charge in [-0.1, -0.05) is 26.2 Å². The summed E-state index contributed by atoms with van der Waals surface area (Å²) in [6.45, 7) is 14.0. The van der Waals surface area contributed by atoms with Gasteiger partial charge >= 0.3 is 5.97 Å². The van der Waals surface area contributed by atoms with Crippen molar-refractivity contribution in [1.82, 2.24) is 4.23 Å². The molecule has 0 aromatic heterocycles. The number of hydrogen-bond acceptors (Lipinski definition) is 3. The number of allylic oxidation sites excluding steroid dienone is 1. The Hall–Kier alpha value is -0.556. The van der Waals surface area contributed by atoms with E-state index < -0.39 is 16.5 Å². The van der Waals surface area contributed by atoms with Crippen LogP contribution in [0.3, 0.4) is 0 Å². The van der Waals surface area contributed by atoms with E-state index in [0.29, 0.717) is 6.61 Å². The van der Waals surface area contributed by atoms with Crippen molar-refractivity contribution in [1.29, 1.82) is 0 Å². The topological polar surface area (TPSA) is 29.5 Å². The Kier molecular flexibility index (Phi) is 4.25. The second-order valence-electron chi connectivity index (χ2n) is 6.00. The van der Waals surface area contributed by atoms with Crippen LogP contribution in [0.4, 0.5) is 0 Å². The lowest BCUT2D eigenvalue weighted by atomic mass is 10.4. The van der Waals surface area contributed by atoms with Crippen LogP contribution in [0.25, 0.3) is 0 Å². The molecule has 0 aromatic carbocycles. The summed E-state index contributed by atoms with van der Waals surface area (Å²) in [5.41, 5.74) is 1.12. The summed E-state index contributed by atoms with van der Waals surface area (Å²) in [7, 11) is -2.68. The van der Waals surface area contributed by atoms with Gasteiger partial charge in [-0.2, -0.15) is 0 Å². The first-order valence-corrected chi connectivity index (χ1v) is 12.7. The average Bonchev–Trinajstić information content (AvgIpc) is 2.35. The third-order valence-electron chi connectivity index (χ3n) is 3.53. The van der Waals surface area contributed by atoms with E-state index in [9.17, 15) is 4.79 Å². The molecular weight excluding hydrogens is 246 g/mol. The van der Waals surface area contributed by atoms with Crippen LogP contribution in [0.15, 0.2) is 11.8 Å². The van der Waals surface area contributed by atoms with Crippen molar-refractivity contribution < 1.29 is 9.53 Å². The SMILES string of the molecule is CCOC(=O)C=C(C)N1[Si](C)(C)CC[Si]1(C)C. The number of esters is 1. The van der Waals surface area contributed by atoms with E-state index in [1.165, 1.54) is 12.1 Å². The monoisotopic (exact) mass is 271 g/mol. The van der Waals surface area contributed by atoms with Gasteiger partial charge in [-0.15, -0.1) is 0 Å². The van der Waals surface area contributed by atoms with Gasteiger partial charge in [0.25, 0.3) is 0 Å². The van der Waals surface area contributed by atoms with Crippen LogP contribution in [-0.4, -0.2) is 33.3 Å². The van der Waals surface area contributed by atoms with Crippen LogP contribution in [0, 0.1) is 0 Å². The molecule has 1 heterocycles. The lowest BCUT2D eigenvalue weighted by molar-refractivity contribution is -0.137. The third kappa shape index (κ3) is 3.22. The van der Waals surface area contributed by atoms with Gasteiger partial charge in [0.05, 0.1) is 6.61 Å². The maximum atomic E-state index is 11.5. The predicted molar refractivity (Wildman–Crippen MR) is 76.8 cm³/mol. The minimum absolute atomic E-state index is 0.202. The molecule has 0 aromatic rings. The van der Waals surface area contributed by atoms with Crippen molar-refractivity contribution >= 4 is 22.4 Å². The molecule has 1 aliphatic heterocycles. The first-order valence-electron chi connectivity index (χ1n) is 6.36. The van der Waals surface area contributed by atoms with Gasteiger partial charge in [-0.25, -0.2) is 4.79 Å². The van der Waals surface area contributed by atoms with Gasteiger partial charge in [0.15, 0.2) is 0 Å². The molecule has 0 unspecified atom stereocenters. The molecule has 17 heavy (non-hydrogen) atoms. The minimum Gasteiger partial charge on any atom is -0.463 e. The van der Waals surface area contributed by atoms with Crippen molar-refractivity contribution in [2.45, 2.75) is 52.1 Å². The van der Waals surface area contributed by atoms with Crippen LogP contribution in [-0.2, 0) is 9.53 Å². The summed E-state index contributed by atoms with van der Waals surface area (Å²) in [4.78, 5) is 11.5. The van der Waals surface area contributed by atoms with E-state index in [4.69, 9.17) is 4.74 Å². The number of hydrogen-bond donors (Lipinski definition) is 0. The van der Waals surface area contributed by atoms with E-state index in [2.05, 4.69) is 37.3 Å². The fraction of sp³-hybridized carbons (Fsp3) is 0.750. The molecule has 0 amide bonds. The van der Waals surface area contributed by atoms with Crippen LogP contribution in [0.2, 0.25) is 38.3 Å². The zero-order valence-corrected chi connectivity index (χ0v) is 14.0. The highest BCUT2D eigenvalue weighted by atomic mass is 28.4. The maximum Gasteiger partial charge on any atom is 0.332 e. The smallest absolute Gasteiger partial charge is 0.332 e. The number of rotatable bonds is 3. The van der Waals surface area contributed by atoms with Crippen molar-refractivity contribution in [2.24, 2.45) is 0 Å². The van der Waals surface area contributed by atoms with E-state index in [1.54, 1.807) is 6.08 Å². The minimum atomic E-state index is -1.34. The number of ether oxygens (including phenoxy) is 1. The van der Waals surface area contributed by atoms with Crippen molar-refractivity contribution in [3.05, 3.63) is 11.8 Å². The first-order chi connectivity index (χ1) is 7.70. The molecule has 0 bridgehead atoms. The van der Waals surface area contributed by atoms with Crippen LogP contribution in [0.1, 0.15) is 13.8 Å². The lowest BCUT2D eigenvalue weighted by Crippen LogP contribution is -2.53. The highest BCUT2D eigenvalue weighted by Crippen LogP contribution is 2.39. The van der Waals surface area contributed by atoms with Crippen molar-refractivity contribution in [2.75, 3.05) is 6.61 Å². The number of carbonyl (C=O) groups excluding carboxylic acids is 1. The Morgan fingerprint density at radius 3 is 2.12 bits per heavy atom. The quantitative estimate of drug-likeness (QED) is 0.448. The second kappa shape index (κ2) is 4.98. The van der Waals surface area contributed by atoms with Crippen LogP contribution < -0.4 is 0 Å². The predicted octanol–water partition coefficient (Wildman–Crippen LogP) is 3.18. The fourth-order valence-corrected chi connectivity index (χ4v) is 17.6. The molecule has 0 aliphatic carbocycles. The largest absolute Gasteiger partial charge is 0.463 e. The first kappa shape index (κ1) is 14.5. The van der Waals surface area contributed by atoms with E-state index >= 15 is 0 Å². The Balaban J connectivity index is 2.93. The van der Waals surface area contributed by atoms with E-state index in [0.717, 1.165) is 5.70 Å². The summed E-state index contributed by atoms with van der Waals surface area (Å²) < 4.78 is 7.62. The third-order valence-corrected chi connectivity index (χ3v) is 13.7. The van der Waals surface area contributed by atoms with Gasteiger partial charge in [-0.05, 0) is 25.9 Å². The van der Waals surface area contributed by atoms with Gasteiger partial charge in [0, 0.05) is 11.8 Å². The van der Waals surface area contributed by atoms with Crippen molar-refractivity contribution in [3.63, 3.8) is 0 Å². The summed E-state index contributed by atoms with van der Waals surface area (Å²) in [6.07, 6.45) is 1.68. The Labute approximate surface area is 107 Å². The average molecular weight is 272 g/mol. The molecule has 1 saturated heterocycles. The maximum absolute atomic E-state index is 11.5. The van der Waals surface area contributed by atoms with E-state index in [1.807, 2.05) is 6.92 Å². The lowest BCUT2D eigenvalue weighted by Gasteiger charge is -2.41. The Bertz CT molecular complexity index is 321. The molecule has 0 spiro atoms. The normalized spacial score (nSPS) is 22.7. The Morgan fingerprint density at radius 2 is 1.71 bits per heavy atom. The number of carbonyl (C=O) groups is 1. The van der Waals surface area contributed by atoms with Crippen molar-refractivity contribution in [3.8, 4) is 0 Å². The summed E-state index contributed by atoms with van der Waals surface area (Å²) in [6, 6.07) is 2.69. The van der Waals surface area contributed by atoms with Gasteiger partial charge in [0.2, 0.25) is 0 Å². The van der Waals surface area contributed by atoms with Gasteiger partial charge in [0.1, 0.15) is 16.5 Å². The molecule has 0 radical (unpaired) electrons. The van der Waals surface area contributed by atoms with Crippen LogP contribution >= 0.6 is 0 Å². The molecule has 3 nitrogen and oxygen atoms in total. The summed E-state index contributed by atoms with van der Waals surface area (Å²) in [5.74, 6) is -0.202. The summed E-state index contributed by atoms with van der Waals surface area (Å²) in [5, 5.41) is 0. The highest BCUT2D eigenvalue weighted by molar-refractivity contribution is 6.95. The Morgan fingerprint density at radius 1 is 1.24 bits per heavy atom. The van der Waals surface area contributed by atoms with Crippen LogP contribution in [0.5, 0.6) is 0 Å². The molecule has 5 heteroatoms. The molecule has 0 N–H and O–H groups in total. The zero-order chi connectivity index (χ0) is 13.3. The van der Waals surface area contributed by atoms with Gasteiger partial charge in [-0.3, -0.25) is 0 Å². The molecule has 0 saturated carbocycles. The standard InChI is InChI=1S/C12H25NO2Si2/c1-7-15-12(14)10-11(2)13-16(3,4)8-9-17(13,5)6/h10H,7-9H2,1-6H3. The second-order valence-corrected chi connectivity index (χ2v) is 15.6.